The normalized spacial score (nSPS) is 12.4. The monoisotopic (exact) mass is 492 g/mol. The Balaban J connectivity index is 1.67. The van der Waals surface area contributed by atoms with Crippen molar-refractivity contribution in [3.05, 3.63) is 83.1 Å². The number of halogens is 1. The fraction of sp³-hybridized carbons (Fsp3) is 0.296. The van der Waals surface area contributed by atoms with Gasteiger partial charge in [0.2, 0.25) is 5.95 Å². The van der Waals surface area contributed by atoms with E-state index in [0.29, 0.717) is 22.3 Å². The van der Waals surface area contributed by atoms with Crippen LogP contribution in [-0.2, 0) is 11.3 Å². The van der Waals surface area contributed by atoms with Gasteiger partial charge in [-0.3, -0.25) is 4.90 Å². The first-order valence-corrected chi connectivity index (χ1v) is 11.5. The minimum absolute atomic E-state index is 0.0188. The number of hydrogen-bond donors (Lipinski definition) is 2. The number of carbonyl (C=O) groups is 1. The van der Waals surface area contributed by atoms with Gasteiger partial charge in [0, 0.05) is 28.9 Å². The minimum atomic E-state index is -1.28. The molecule has 0 aliphatic carbocycles. The number of methoxy groups -OCH3 is 1. The number of aliphatic hydroxyl groups excluding tert-OH is 1. The maximum atomic E-state index is 15.3. The number of H-pyrrole nitrogens is 1. The van der Waals surface area contributed by atoms with Gasteiger partial charge in [0.1, 0.15) is 28.9 Å². The molecule has 4 aromatic rings. The number of nitrogens with zero attached hydrogens (tertiary/aromatic N) is 3. The number of nitrogens with one attached hydrogen (secondary N) is 1. The average Bonchev–Trinajstić information content (AvgIpc) is 3.24. The van der Waals surface area contributed by atoms with E-state index >= 15 is 4.39 Å². The predicted octanol–water partition coefficient (Wildman–Crippen LogP) is 5.44. The molecular weight excluding hydrogens is 463 g/mol. The standard InChI is InChI=1S/C27H29FN4O4/c1-16-12-20-21(14-30-25(20)29-13-16)23(33)19-10-11-22(31-24(19)28)32(26(34)36-27(2,3)4)15-17-6-8-18(35-5)9-7-17/h6-14,23,33H,15H2,1-5H3,(H,29,30). The molecule has 1 aromatic carbocycles. The number of aryl methyl sites for hydroxylation is 1. The highest BCUT2D eigenvalue weighted by atomic mass is 19.1. The number of amides is 1. The number of pyridine rings is 2. The van der Waals surface area contributed by atoms with Crippen LogP contribution in [0.4, 0.5) is 15.0 Å². The van der Waals surface area contributed by atoms with Crippen molar-refractivity contribution in [2.45, 2.75) is 45.9 Å². The maximum Gasteiger partial charge on any atom is 0.416 e. The lowest BCUT2D eigenvalue weighted by Gasteiger charge is -2.27. The zero-order chi connectivity index (χ0) is 26.0. The molecule has 0 spiro atoms. The SMILES string of the molecule is COc1ccc(CN(C(=O)OC(C)(C)C)c2ccc(C(O)c3c[nH]c4ncc(C)cc34)c(F)n2)cc1. The number of hydrogen-bond acceptors (Lipinski definition) is 6. The molecule has 2 N–H and O–H groups in total. The second-order valence-electron chi connectivity index (χ2n) is 9.52. The van der Waals surface area contributed by atoms with E-state index < -0.39 is 23.7 Å². The fourth-order valence-electron chi connectivity index (χ4n) is 3.78. The number of aromatic amines is 1. The van der Waals surface area contributed by atoms with Gasteiger partial charge in [-0.1, -0.05) is 12.1 Å². The van der Waals surface area contributed by atoms with Crippen molar-refractivity contribution in [1.82, 2.24) is 15.0 Å². The van der Waals surface area contributed by atoms with E-state index in [1.165, 1.54) is 17.0 Å². The van der Waals surface area contributed by atoms with Crippen molar-refractivity contribution in [1.29, 1.82) is 0 Å². The molecule has 1 unspecified atom stereocenters. The van der Waals surface area contributed by atoms with Gasteiger partial charge in [-0.2, -0.15) is 4.39 Å². The summed E-state index contributed by atoms with van der Waals surface area (Å²) in [6, 6.07) is 11.9. The third-order valence-corrected chi connectivity index (χ3v) is 5.54. The smallest absolute Gasteiger partial charge is 0.416 e. The molecule has 8 nitrogen and oxygen atoms in total. The molecule has 0 radical (unpaired) electrons. The zero-order valence-electron chi connectivity index (χ0n) is 20.9. The van der Waals surface area contributed by atoms with Crippen molar-refractivity contribution in [3.8, 4) is 5.75 Å². The van der Waals surface area contributed by atoms with Gasteiger partial charge in [0.05, 0.1) is 13.7 Å². The summed E-state index contributed by atoms with van der Waals surface area (Å²) < 4.78 is 26.0. The van der Waals surface area contributed by atoms with Crippen LogP contribution in [0, 0.1) is 12.9 Å². The Kier molecular flexibility index (Phi) is 6.94. The molecule has 0 aliphatic heterocycles. The van der Waals surface area contributed by atoms with E-state index in [1.807, 2.05) is 13.0 Å². The molecule has 3 aromatic heterocycles. The molecule has 3 heterocycles. The molecule has 36 heavy (non-hydrogen) atoms. The van der Waals surface area contributed by atoms with Crippen LogP contribution in [0.25, 0.3) is 11.0 Å². The summed E-state index contributed by atoms with van der Waals surface area (Å²) in [5, 5.41) is 11.7. The zero-order valence-corrected chi connectivity index (χ0v) is 20.9. The molecule has 0 aliphatic rings. The van der Waals surface area contributed by atoms with E-state index in [2.05, 4.69) is 15.0 Å². The Labute approximate surface area is 208 Å². The molecule has 0 saturated heterocycles. The van der Waals surface area contributed by atoms with Crippen molar-refractivity contribution in [2.75, 3.05) is 12.0 Å². The molecule has 0 bridgehead atoms. The summed E-state index contributed by atoms with van der Waals surface area (Å²) in [4.78, 5) is 25.6. The van der Waals surface area contributed by atoms with Crippen LogP contribution >= 0.6 is 0 Å². The number of aliphatic hydroxyl groups is 1. The summed E-state index contributed by atoms with van der Waals surface area (Å²) in [6.45, 7) is 7.24. The van der Waals surface area contributed by atoms with E-state index in [4.69, 9.17) is 9.47 Å². The Morgan fingerprint density at radius 1 is 1.17 bits per heavy atom. The summed E-state index contributed by atoms with van der Waals surface area (Å²) >= 11 is 0. The van der Waals surface area contributed by atoms with Crippen LogP contribution in [0.15, 0.2) is 54.9 Å². The van der Waals surface area contributed by atoms with Crippen molar-refractivity contribution < 1.29 is 23.8 Å². The van der Waals surface area contributed by atoms with Gasteiger partial charge in [-0.05, 0) is 69.2 Å². The van der Waals surface area contributed by atoms with E-state index in [-0.39, 0.29) is 17.9 Å². The fourth-order valence-corrected chi connectivity index (χ4v) is 3.78. The van der Waals surface area contributed by atoms with Crippen LogP contribution in [0.5, 0.6) is 5.75 Å². The van der Waals surface area contributed by atoms with Gasteiger partial charge < -0.3 is 19.6 Å². The lowest BCUT2D eigenvalue weighted by atomic mass is 10.0. The number of ether oxygens (including phenoxy) is 2. The first kappa shape index (κ1) is 25.1. The van der Waals surface area contributed by atoms with Crippen LogP contribution in [0.1, 0.15) is 49.1 Å². The quantitative estimate of drug-likeness (QED) is 0.348. The molecule has 1 amide bonds. The van der Waals surface area contributed by atoms with Gasteiger partial charge in [0.25, 0.3) is 0 Å². The largest absolute Gasteiger partial charge is 0.497 e. The third-order valence-electron chi connectivity index (χ3n) is 5.54. The summed E-state index contributed by atoms with van der Waals surface area (Å²) in [6.07, 6.45) is 1.36. The molecule has 9 heteroatoms. The molecule has 0 saturated carbocycles. The number of fused-ring (bicyclic) bond motifs is 1. The summed E-state index contributed by atoms with van der Waals surface area (Å²) in [5.41, 5.74) is 1.98. The summed E-state index contributed by atoms with van der Waals surface area (Å²) in [5.74, 6) is -0.157. The van der Waals surface area contributed by atoms with Crippen molar-refractivity contribution in [3.63, 3.8) is 0 Å². The Bertz CT molecular complexity index is 1380. The Morgan fingerprint density at radius 3 is 2.53 bits per heavy atom. The van der Waals surface area contributed by atoms with Crippen LogP contribution in [0.2, 0.25) is 0 Å². The van der Waals surface area contributed by atoms with Gasteiger partial charge in [-0.15, -0.1) is 0 Å². The lowest BCUT2D eigenvalue weighted by molar-refractivity contribution is 0.0576. The summed E-state index contributed by atoms with van der Waals surface area (Å²) in [7, 11) is 1.57. The molecule has 188 valence electrons. The number of aromatic nitrogens is 3. The van der Waals surface area contributed by atoms with Crippen molar-refractivity contribution >= 4 is 22.9 Å². The van der Waals surface area contributed by atoms with E-state index in [0.717, 1.165) is 11.1 Å². The highest BCUT2D eigenvalue weighted by Crippen LogP contribution is 2.31. The predicted molar refractivity (Wildman–Crippen MR) is 134 cm³/mol. The highest BCUT2D eigenvalue weighted by molar-refractivity contribution is 5.86. The number of rotatable bonds is 6. The second kappa shape index (κ2) is 9.94. The number of anilines is 1. The van der Waals surface area contributed by atoms with Crippen LogP contribution in [-0.4, -0.2) is 38.9 Å². The average molecular weight is 493 g/mol. The van der Waals surface area contributed by atoms with E-state index in [9.17, 15) is 9.90 Å². The van der Waals surface area contributed by atoms with Gasteiger partial charge in [-0.25, -0.2) is 14.8 Å². The molecular formula is C27H29FN4O4. The lowest BCUT2D eigenvalue weighted by Crippen LogP contribution is -2.37. The number of benzene rings is 1. The second-order valence-corrected chi connectivity index (χ2v) is 9.52. The highest BCUT2D eigenvalue weighted by Gasteiger charge is 2.27. The van der Waals surface area contributed by atoms with Crippen molar-refractivity contribution in [2.24, 2.45) is 0 Å². The van der Waals surface area contributed by atoms with Crippen LogP contribution < -0.4 is 9.64 Å². The number of carbonyl (C=O) groups excluding carboxylic acids is 1. The Hall–Kier alpha value is -3.98. The maximum absolute atomic E-state index is 15.3. The van der Waals surface area contributed by atoms with Gasteiger partial charge >= 0.3 is 6.09 Å². The minimum Gasteiger partial charge on any atom is -0.497 e. The Morgan fingerprint density at radius 2 is 1.89 bits per heavy atom. The topological polar surface area (TPSA) is 101 Å². The van der Waals surface area contributed by atoms with Gasteiger partial charge in [0.15, 0.2) is 0 Å². The first-order valence-electron chi connectivity index (χ1n) is 11.5. The first-order chi connectivity index (χ1) is 17.1. The third kappa shape index (κ3) is 5.46. The molecule has 1 atom stereocenters. The molecule has 4 rings (SSSR count). The molecule has 0 fully saturated rings. The van der Waals surface area contributed by atoms with E-state index in [1.54, 1.807) is 64.5 Å². The van der Waals surface area contributed by atoms with Crippen LogP contribution in [0.3, 0.4) is 0 Å².